The molecular formula is C50H30O. The quantitative estimate of drug-likeness (QED) is 0.173. The van der Waals surface area contributed by atoms with E-state index in [0.29, 0.717) is 22.3 Å². The molecule has 1 aromatic heterocycles. The molecule has 51 heavy (non-hydrogen) atoms. The van der Waals surface area contributed by atoms with Crippen molar-refractivity contribution in [2.75, 3.05) is 0 Å². The molecule has 11 rings (SSSR count). The lowest BCUT2D eigenvalue weighted by Crippen LogP contribution is -1.93. The highest BCUT2D eigenvalue weighted by atomic mass is 16.3. The first-order chi connectivity index (χ1) is 28.7. The van der Waals surface area contributed by atoms with Gasteiger partial charge in [0.05, 0.1) is 11.0 Å². The van der Waals surface area contributed by atoms with E-state index in [1.807, 2.05) is 109 Å². The summed E-state index contributed by atoms with van der Waals surface area (Å²) in [5.74, 6) is 0. The van der Waals surface area contributed by atoms with Gasteiger partial charge in [-0.1, -0.05) is 170 Å². The Morgan fingerprint density at radius 2 is 0.784 bits per heavy atom. The van der Waals surface area contributed by atoms with Crippen molar-refractivity contribution in [1.82, 2.24) is 0 Å². The van der Waals surface area contributed by atoms with Crippen LogP contribution in [0.25, 0.3) is 109 Å². The average Bonchev–Trinajstić information content (AvgIpc) is 3.67. The van der Waals surface area contributed by atoms with Gasteiger partial charge in [0, 0.05) is 10.8 Å². The smallest absolute Gasteiger partial charge is 0.136 e. The van der Waals surface area contributed by atoms with Crippen LogP contribution in [0.2, 0.25) is 0 Å². The summed E-state index contributed by atoms with van der Waals surface area (Å²) in [6.45, 7) is 0. The SMILES string of the molecule is [2H]c1c([2H])c([2H])c2c(-c3ccc(-c4cccc5oc6ccc7ccccc7c6c45)c4ccccc34)c3c([2H])c([2H])c([2H])c([2H])c3c(-c3cccc4ccccc34)c2c1[2H]. The largest absolute Gasteiger partial charge is 0.456 e. The van der Waals surface area contributed by atoms with Crippen LogP contribution in [0.3, 0.4) is 0 Å². The predicted octanol–water partition coefficient (Wildman–Crippen LogP) is 14.4. The van der Waals surface area contributed by atoms with Gasteiger partial charge in [0.1, 0.15) is 11.2 Å². The van der Waals surface area contributed by atoms with E-state index in [1.165, 1.54) is 0 Å². The molecule has 0 unspecified atom stereocenters. The highest BCUT2D eigenvalue weighted by molar-refractivity contribution is 6.27. The Morgan fingerprint density at radius 3 is 1.47 bits per heavy atom. The van der Waals surface area contributed by atoms with Crippen LogP contribution in [0.1, 0.15) is 11.0 Å². The fourth-order valence-electron chi connectivity index (χ4n) is 8.17. The lowest BCUT2D eigenvalue weighted by molar-refractivity contribution is 0.669. The Balaban J connectivity index is 1.33. The van der Waals surface area contributed by atoms with Crippen LogP contribution in [0.15, 0.2) is 186 Å². The van der Waals surface area contributed by atoms with Crippen molar-refractivity contribution in [3.05, 3.63) is 182 Å². The van der Waals surface area contributed by atoms with Crippen LogP contribution in [0, 0.1) is 0 Å². The molecule has 0 aliphatic carbocycles. The minimum absolute atomic E-state index is 0.184. The number of hydrogen-bond donors (Lipinski definition) is 0. The number of benzene rings is 10. The second-order valence-electron chi connectivity index (χ2n) is 12.9. The first kappa shape index (κ1) is 21.4. The van der Waals surface area contributed by atoms with E-state index in [-0.39, 0.29) is 45.7 Å². The van der Waals surface area contributed by atoms with Gasteiger partial charge in [0.2, 0.25) is 0 Å². The van der Waals surface area contributed by atoms with E-state index < -0.39 is 24.2 Å². The molecule has 1 heteroatoms. The van der Waals surface area contributed by atoms with E-state index >= 15 is 0 Å². The fraction of sp³-hybridized carbons (Fsp3) is 0. The first-order valence-corrected chi connectivity index (χ1v) is 16.9. The molecule has 0 spiro atoms. The monoisotopic (exact) mass is 654 g/mol. The van der Waals surface area contributed by atoms with Gasteiger partial charge in [0.15, 0.2) is 0 Å². The Labute approximate surface area is 305 Å². The van der Waals surface area contributed by atoms with Crippen molar-refractivity contribution in [3.8, 4) is 33.4 Å². The Kier molecular flexibility index (Phi) is 4.57. The van der Waals surface area contributed by atoms with Crippen LogP contribution >= 0.6 is 0 Å². The number of rotatable bonds is 3. The van der Waals surface area contributed by atoms with Crippen LogP contribution in [0.5, 0.6) is 0 Å². The molecule has 0 aliphatic heterocycles. The van der Waals surface area contributed by atoms with Crippen LogP contribution < -0.4 is 0 Å². The number of hydrogen-bond acceptors (Lipinski definition) is 1. The molecule has 11 aromatic rings. The molecule has 0 saturated heterocycles. The molecule has 0 radical (unpaired) electrons. The van der Waals surface area contributed by atoms with Gasteiger partial charge in [-0.05, 0) is 99.4 Å². The van der Waals surface area contributed by atoms with Gasteiger partial charge in [-0.2, -0.15) is 0 Å². The molecule has 1 nitrogen and oxygen atoms in total. The molecule has 0 bridgehead atoms. The van der Waals surface area contributed by atoms with E-state index in [4.69, 9.17) is 9.90 Å². The molecule has 0 N–H and O–H groups in total. The second-order valence-corrected chi connectivity index (χ2v) is 12.9. The summed E-state index contributed by atoms with van der Waals surface area (Å²) in [6, 6.07) is 40.6. The molecule has 0 atom stereocenters. The molecule has 0 fully saturated rings. The van der Waals surface area contributed by atoms with Crippen molar-refractivity contribution >= 4 is 75.8 Å². The van der Waals surface area contributed by atoms with Crippen LogP contribution in [0.4, 0.5) is 0 Å². The number of furan rings is 1. The highest BCUT2D eigenvalue weighted by Gasteiger charge is 2.21. The lowest BCUT2D eigenvalue weighted by atomic mass is 9.83. The second kappa shape index (κ2) is 10.9. The summed E-state index contributed by atoms with van der Waals surface area (Å²) in [4.78, 5) is 0. The summed E-state index contributed by atoms with van der Waals surface area (Å²) in [5, 5.41) is 8.17. The van der Waals surface area contributed by atoms with Gasteiger partial charge in [-0.15, -0.1) is 0 Å². The van der Waals surface area contributed by atoms with Gasteiger partial charge in [-0.3, -0.25) is 0 Å². The van der Waals surface area contributed by atoms with Crippen LogP contribution in [-0.2, 0) is 0 Å². The minimum atomic E-state index is -0.431. The molecular weight excluding hydrogens is 617 g/mol. The fourth-order valence-corrected chi connectivity index (χ4v) is 8.17. The molecule has 0 amide bonds. The third-order valence-electron chi connectivity index (χ3n) is 10.3. The van der Waals surface area contributed by atoms with E-state index in [9.17, 15) is 5.48 Å². The zero-order valence-corrected chi connectivity index (χ0v) is 27.1. The standard InChI is InChI=1S/C50H30O/c1-3-16-33-31(13-1)15-11-24-38(33)47-40-20-7-9-22-42(40)48(43-23-10-8-21-41(43)47)44-29-28-37(35-18-5-6-19-36(35)44)39-25-12-26-45-50(39)49-34-17-4-2-14-32(34)27-30-46(49)51-45/h1-30H/i7D,8D,9D,10D,20D,21D,22D,23D. The Morgan fingerprint density at radius 1 is 0.314 bits per heavy atom. The summed E-state index contributed by atoms with van der Waals surface area (Å²) in [5.41, 5.74) is 5.22. The molecule has 10 aromatic carbocycles. The molecule has 236 valence electrons. The maximum Gasteiger partial charge on any atom is 0.136 e. The third kappa shape index (κ3) is 4.09. The van der Waals surface area contributed by atoms with E-state index in [0.717, 1.165) is 65.4 Å². The van der Waals surface area contributed by atoms with Gasteiger partial charge in [0.25, 0.3) is 0 Å². The lowest BCUT2D eigenvalue weighted by Gasteiger charge is -2.20. The summed E-state index contributed by atoms with van der Waals surface area (Å²) in [6.07, 6.45) is 0. The topological polar surface area (TPSA) is 13.1 Å². The maximum absolute atomic E-state index is 9.54. The Hall–Kier alpha value is -6.70. The zero-order valence-electron chi connectivity index (χ0n) is 35.1. The third-order valence-corrected chi connectivity index (χ3v) is 10.3. The molecule has 1 heterocycles. The van der Waals surface area contributed by atoms with Crippen molar-refractivity contribution in [1.29, 1.82) is 0 Å². The first-order valence-electron chi connectivity index (χ1n) is 20.9. The molecule has 0 saturated carbocycles. The summed E-state index contributed by atoms with van der Waals surface area (Å²) in [7, 11) is 0. The predicted molar refractivity (Wildman–Crippen MR) is 218 cm³/mol. The highest BCUT2D eigenvalue weighted by Crippen LogP contribution is 2.48. The van der Waals surface area contributed by atoms with Crippen molar-refractivity contribution in [2.45, 2.75) is 0 Å². The van der Waals surface area contributed by atoms with E-state index in [1.54, 1.807) is 0 Å². The minimum Gasteiger partial charge on any atom is -0.456 e. The summed E-state index contributed by atoms with van der Waals surface area (Å²) < 4.78 is 80.2. The van der Waals surface area contributed by atoms with Crippen LogP contribution in [-0.4, -0.2) is 0 Å². The normalized spacial score (nSPS) is 14.1. The molecule has 0 aliphatic rings. The Bertz CT molecular complexity index is 3580. The summed E-state index contributed by atoms with van der Waals surface area (Å²) >= 11 is 0. The zero-order chi connectivity index (χ0) is 40.4. The van der Waals surface area contributed by atoms with Crippen molar-refractivity contribution < 1.29 is 15.4 Å². The van der Waals surface area contributed by atoms with Gasteiger partial charge in [-0.25, -0.2) is 0 Å². The van der Waals surface area contributed by atoms with E-state index in [2.05, 4.69) is 24.3 Å². The van der Waals surface area contributed by atoms with Crippen molar-refractivity contribution in [3.63, 3.8) is 0 Å². The number of fused-ring (bicyclic) bond motifs is 9. The van der Waals surface area contributed by atoms with Gasteiger partial charge >= 0.3 is 0 Å². The average molecular weight is 655 g/mol. The maximum atomic E-state index is 9.54. The van der Waals surface area contributed by atoms with Gasteiger partial charge < -0.3 is 4.42 Å². The van der Waals surface area contributed by atoms with Crippen molar-refractivity contribution in [2.24, 2.45) is 0 Å².